The number of anilines is 1. The molecule has 0 amide bonds. The number of halogens is 2. The maximum absolute atomic E-state index is 13.9. The van der Waals surface area contributed by atoms with E-state index >= 15 is 0 Å². The third-order valence-electron chi connectivity index (χ3n) is 2.59. The number of sulfonamides is 1. The van der Waals surface area contributed by atoms with Gasteiger partial charge in [-0.05, 0) is 24.3 Å². The molecule has 8 heteroatoms. The molecule has 0 aliphatic rings. The second-order valence-corrected chi connectivity index (χ2v) is 5.66. The van der Waals surface area contributed by atoms with E-state index in [4.69, 9.17) is 5.11 Å². The third-order valence-corrected chi connectivity index (χ3v) is 3.98. The molecule has 2 aromatic carbocycles. The van der Waals surface area contributed by atoms with Gasteiger partial charge in [0.2, 0.25) is 0 Å². The number of hydrogen-bond acceptors (Lipinski definition) is 3. The first-order valence-electron chi connectivity index (χ1n) is 5.62. The number of aromatic carboxylic acids is 1. The highest BCUT2D eigenvalue weighted by Crippen LogP contribution is 2.23. The lowest BCUT2D eigenvalue weighted by Gasteiger charge is -2.10. The van der Waals surface area contributed by atoms with Crippen molar-refractivity contribution in [3.63, 3.8) is 0 Å². The topological polar surface area (TPSA) is 83.5 Å². The minimum absolute atomic E-state index is 0.165. The average molecular weight is 313 g/mol. The van der Waals surface area contributed by atoms with Crippen molar-refractivity contribution in [2.45, 2.75) is 4.90 Å². The first-order valence-corrected chi connectivity index (χ1v) is 7.10. The molecule has 0 bridgehead atoms. The van der Waals surface area contributed by atoms with Gasteiger partial charge in [0.05, 0.1) is 0 Å². The van der Waals surface area contributed by atoms with E-state index in [-0.39, 0.29) is 5.69 Å². The molecule has 2 rings (SSSR count). The van der Waals surface area contributed by atoms with Gasteiger partial charge < -0.3 is 5.11 Å². The summed E-state index contributed by atoms with van der Waals surface area (Å²) in [6.45, 7) is 0. The Morgan fingerprint density at radius 2 is 1.67 bits per heavy atom. The van der Waals surface area contributed by atoms with Crippen molar-refractivity contribution in [3.05, 3.63) is 59.7 Å². The minimum Gasteiger partial charge on any atom is -0.477 e. The molecule has 110 valence electrons. The number of benzene rings is 2. The maximum Gasteiger partial charge on any atom is 0.341 e. The quantitative estimate of drug-likeness (QED) is 0.908. The number of para-hydroxylation sites is 1. The molecule has 0 radical (unpaired) electrons. The van der Waals surface area contributed by atoms with E-state index in [1.54, 1.807) is 18.2 Å². The fraction of sp³-hybridized carbons (Fsp3) is 0. The molecular formula is C13H9F2NO4S. The Labute approximate surface area is 118 Å². The standard InChI is InChI=1S/C13H9F2NO4S/c14-9-6-7-10(12(15)11(9)13(17)18)21(19,20)16-8-4-2-1-3-5-8/h1-7,16H,(H,17,18). The predicted molar refractivity (Wildman–Crippen MR) is 70.6 cm³/mol. The lowest BCUT2D eigenvalue weighted by Crippen LogP contribution is -2.17. The van der Waals surface area contributed by atoms with Crippen LogP contribution in [0.3, 0.4) is 0 Å². The zero-order valence-electron chi connectivity index (χ0n) is 10.4. The second-order valence-electron chi connectivity index (χ2n) is 4.01. The normalized spacial score (nSPS) is 11.1. The average Bonchev–Trinajstić information content (AvgIpc) is 2.38. The fourth-order valence-electron chi connectivity index (χ4n) is 1.65. The van der Waals surface area contributed by atoms with Crippen LogP contribution in [0.4, 0.5) is 14.5 Å². The van der Waals surface area contributed by atoms with Crippen molar-refractivity contribution in [1.29, 1.82) is 0 Å². The van der Waals surface area contributed by atoms with E-state index in [1.807, 2.05) is 0 Å². The van der Waals surface area contributed by atoms with E-state index in [0.717, 1.165) is 0 Å². The summed E-state index contributed by atoms with van der Waals surface area (Å²) in [6.07, 6.45) is 0. The molecule has 0 spiro atoms. The van der Waals surface area contributed by atoms with Gasteiger partial charge in [0.15, 0.2) is 5.82 Å². The van der Waals surface area contributed by atoms with Crippen LogP contribution in [0.25, 0.3) is 0 Å². The Balaban J connectivity index is 2.51. The smallest absolute Gasteiger partial charge is 0.341 e. The van der Waals surface area contributed by atoms with Crippen molar-refractivity contribution in [1.82, 2.24) is 0 Å². The third kappa shape index (κ3) is 3.00. The zero-order valence-corrected chi connectivity index (χ0v) is 11.2. The molecule has 5 nitrogen and oxygen atoms in total. The molecule has 0 saturated heterocycles. The predicted octanol–water partition coefficient (Wildman–Crippen LogP) is 2.46. The van der Waals surface area contributed by atoms with E-state index in [0.29, 0.717) is 12.1 Å². The summed E-state index contributed by atoms with van der Waals surface area (Å²) in [4.78, 5) is 9.85. The summed E-state index contributed by atoms with van der Waals surface area (Å²) < 4.78 is 53.4. The Morgan fingerprint density at radius 3 is 2.24 bits per heavy atom. The summed E-state index contributed by atoms with van der Waals surface area (Å²) in [7, 11) is -4.37. The Hall–Kier alpha value is -2.48. The summed E-state index contributed by atoms with van der Waals surface area (Å²) in [5.41, 5.74) is -1.15. The van der Waals surface area contributed by atoms with E-state index in [2.05, 4.69) is 4.72 Å². The highest BCUT2D eigenvalue weighted by Gasteiger charge is 2.26. The number of carboxylic acids is 1. The van der Waals surface area contributed by atoms with Gasteiger partial charge in [-0.2, -0.15) is 0 Å². The SMILES string of the molecule is O=C(O)c1c(F)ccc(S(=O)(=O)Nc2ccccc2)c1F. The fourth-order valence-corrected chi connectivity index (χ4v) is 2.79. The molecule has 0 aromatic heterocycles. The lowest BCUT2D eigenvalue weighted by molar-refractivity contribution is 0.0685. The van der Waals surface area contributed by atoms with E-state index < -0.39 is 38.1 Å². The summed E-state index contributed by atoms with van der Waals surface area (Å²) in [6, 6.07) is 8.88. The molecule has 2 aromatic rings. The van der Waals surface area contributed by atoms with Gasteiger partial charge in [0, 0.05) is 5.69 Å². The van der Waals surface area contributed by atoms with Gasteiger partial charge in [-0.1, -0.05) is 18.2 Å². The largest absolute Gasteiger partial charge is 0.477 e. The molecule has 0 aliphatic carbocycles. The van der Waals surface area contributed by atoms with Crippen molar-refractivity contribution >= 4 is 21.7 Å². The molecule has 0 atom stereocenters. The second kappa shape index (κ2) is 5.49. The van der Waals surface area contributed by atoms with Crippen LogP contribution in [-0.4, -0.2) is 19.5 Å². The van der Waals surface area contributed by atoms with Crippen LogP contribution in [-0.2, 0) is 10.0 Å². The number of nitrogens with one attached hydrogen (secondary N) is 1. The monoisotopic (exact) mass is 313 g/mol. The molecule has 0 saturated carbocycles. The summed E-state index contributed by atoms with van der Waals surface area (Å²) in [5, 5.41) is 8.73. The molecule has 0 fully saturated rings. The molecule has 0 aliphatic heterocycles. The van der Waals surface area contributed by atoms with Crippen LogP contribution >= 0.6 is 0 Å². The number of carbonyl (C=O) groups is 1. The maximum atomic E-state index is 13.9. The van der Waals surface area contributed by atoms with E-state index in [9.17, 15) is 22.0 Å². The Bertz CT molecular complexity index is 791. The van der Waals surface area contributed by atoms with Crippen molar-refractivity contribution in [2.24, 2.45) is 0 Å². The molecule has 0 unspecified atom stereocenters. The highest BCUT2D eigenvalue weighted by atomic mass is 32.2. The van der Waals surface area contributed by atoms with Crippen molar-refractivity contribution in [3.8, 4) is 0 Å². The van der Waals surface area contributed by atoms with Gasteiger partial charge >= 0.3 is 5.97 Å². The molecule has 2 N–H and O–H groups in total. The highest BCUT2D eigenvalue weighted by molar-refractivity contribution is 7.92. The van der Waals surface area contributed by atoms with Gasteiger partial charge in [-0.15, -0.1) is 0 Å². The van der Waals surface area contributed by atoms with Crippen LogP contribution in [0.5, 0.6) is 0 Å². The summed E-state index contributed by atoms with van der Waals surface area (Å²) in [5.74, 6) is -4.88. The van der Waals surface area contributed by atoms with Crippen molar-refractivity contribution < 1.29 is 27.1 Å². The Morgan fingerprint density at radius 1 is 1.05 bits per heavy atom. The minimum atomic E-state index is -4.37. The van der Waals surface area contributed by atoms with Gasteiger partial charge in [0.25, 0.3) is 10.0 Å². The first kappa shape index (κ1) is 14.9. The molecule has 0 heterocycles. The van der Waals surface area contributed by atoms with Crippen molar-refractivity contribution in [2.75, 3.05) is 4.72 Å². The van der Waals surface area contributed by atoms with Crippen LogP contribution in [0, 0.1) is 11.6 Å². The van der Waals surface area contributed by atoms with Crippen LogP contribution in [0.1, 0.15) is 10.4 Å². The number of hydrogen-bond donors (Lipinski definition) is 2. The number of carboxylic acid groups (broad SMARTS) is 1. The zero-order chi connectivity index (χ0) is 15.6. The van der Waals surface area contributed by atoms with E-state index in [1.165, 1.54) is 12.1 Å². The molecular weight excluding hydrogens is 304 g/mol. The lowest BCUT2D eigenvalue weighted by atomic mass is 10.2. The Kier molecular flexibility index (Phi) is 3.90. The number of rotatable bonds is 4. The van der Waals surface area contributed by atoms with Gasteiger partial charge in [0.1, 0.15) is 16.3 Å². The van der Waals surface area contributed by atoms with Crippen LogP contribution < -0.4 is 4.72 Å². The molecule has 21 heavy (non-hydrogen) atoms. The summed E-state index contributed by atoms with van der Waals surface area (Å²) >= 11 is 0. The van der Waals surface area contributed by atoms with Gasteiger partial charge in [-0.3, -0.25) is 4.72 Å². The van der Waals surface area contributed by atoms with Gasteiger partial charge in [-0.25, -0.2) is 22.0 Å². The van der Waals surface area contributed by atoms with Crippen LogP contribution in [0.15, 0.2) is 47.4 Å². The van der Waals surface area contributed by atoms with Crippen LogP contribution in [0.2, 0.25) is 0 Å². The first-order chi connectivity index (χ1) is 9.83.